The Hall–Kier alpha value is -1.75. The molecule has 0 atom stereocenters. The summed E-state index contributed by atoms with van der Waals surface area (Å²) >= 11 is 0. The summed E-state index contributed by atoms with van der Waals surface area (Å²) in [5.41, 5.74) is 1.25. The molecule has 0 spiro atoms. The van der Waals surface area contributed by atoms with Crippen LogP contribution in [0.5, 0.6) is 5.75 Å². The van der Waals surface area contributed by atoms with Crippen LogP contribution in [0.3, 0.4) is 0 Å². The van der Waals surface area contributed by atoms with Crippen LogP contribution in [-0.4, -0.2) is 29.9 Å². The molecule has 2 rings (SSSR count). The number of aliphatic hydroxyl groups excluding tert-OH is 1. The molecule has 116 valence electrons. The van der Waals surface area contributed by atoms with E-state index in [2.05, 4.69) is 10.6 Å². The minimum atomic E-state index is -0.454. The second-order valence-corrected chi connectivity index (χ2v) is 5.64. The van der Waals surface area contributed by atoms with E-state index in [0.29, 0.717) is 6.61 Å². The molecule has 0 bridgehead atoms. The number of hydrogen-bond acceptors (Lipinski definition) is 3. The van der Waals surface area contributed by atoms with E-state index in [4.69, 9.17) is 4.74 Å². The molecule has 0 aromatic heterocycles. The van der Waals surface area contributed by atoms with Crippen molar-refractivity contribution in [1.82, 2.24) is 5.32 Å². The van der Waals surface area contributed by atoms with Crippen molar-refractivity contribution in [3.63, 3.8) is 0 Å². The van der Waals surface area contributed by atoms with E-state index in [1.54, 1.807) is 0 Å². The van der Waals surface area contributed by atoms with Gasteiger partial charge in [-0.25, -0.2) is 4.79 Å². The number of anilines is 1. The Morgan fingerprint density at radius 3 is 2.67 bits per heavy atom. The van der Waals surface area contributed by atoms with E-state index < -0.39 is 5.54 Å². The molecule has 5 nitrogen and oxygen atoms in total. The van der Waals surface area contributed by atoms with Gasteiger partial charge in [0.05, 0.1) is 18.8 Å². The summed E-state index contributed by atoms with van der Waals surface area (Å²) in [4.78, 5) is 12.1. The number of carbonyl (C=O) groups is 1. The largest absolute Gasteiger partial charge is 0.494 e. The molecule has 0 unspecified atom stereocenters. The Kier molecular flexibility index (Phi) is 5.07. The van der Waals surface area contributed by atoms with Crippen LogP contribution in [0.1, 0.15) is 38.2 Å². The number of carbonyl (C=O) groups excluding carboxylic acids is 1. The first-order valence-electron chi connectivity index (χ1n) is 7.52. The predicted molar refractivity (Wildman–Crippen MR) is 82.8 cm³/mol. The molecule has 5 heteroatoms. The molecule has 0 radical (unpaired) electrons. The third kappa shape index (κ3) is 3.88. The van der Waals surface area contributed by atoms with Crippen LogP contribution in [0.2, 0.25) is 0 Å². The first-order valence-corrected chi connectivity index (χ1v) is 7.52. The van der Waals surface area contributed by atoms with Crippen molar-refractivity contribution < 1.29 is 14.6 Å². The summed E-state index contributed by atoms with van der Waals surface area (Å²) in [5, 5.41) is 15.3. The van der Waals surface area contributed by atoms with Crippen LogP contribution >= 0.6 is 0 Å². The molecule has 1 aromatic carbocycles. The summed E-state index contributed by atoms with van der Waals surface area (Å²) in [6, 6.07) is 5.28. The zero-order chi connectivity index (χ0) is 15.3. The van der Waals surface area contributed by atoms with Crippen molar-refractivity contribution in [2.45, 2.75) is 45.1 Å². The van der Waals surface area contributed by atoms with Gasteiger partial charge in [0, 0.05) is 5.69 Å². The second kappa shape index (κ2) is 6.80. The second-order valence-electron chi connectivity index (χ2n) is 5.64. The van der Waals surface area contributed by atoms with Gasteiger partial charge in [0.15, 0.2) is 0 Å². The van der Waals surface area contributed by atoms with Crippen molar-refractivity contribution in [2.24, 2.45) is 0 Å². The lowest BCUT2D eigenvalue weighted by atomic mass is 9.99. The van der Waals surface area contributed by atoms with E-state index >= 15 is 0 Å². The lowest BCUT2D eigenvalue weighted by molar-refractivity contribution is 0.167. The minimum Gasteiger partial charge on any atom is -0.494 e. The Morgan fingerprint density at radius 2 is 2.10 bits per heavy atom. The smallest absolute Gasteiger partial charge is 0.319 e. The molecule has 0 aliphatic heterocycles. The van der Waals surface area contributed by atoms with Crippen molar-refractivity contribution in [1.29, 1.82) is 0 Å². The van der Waals surface area contributed by atoms with Gasteiger partial charge in [-0.15, -0.1) is 0 Å². The molecule has 0 saturated heterocycles. The standard InChI is InChI=1S/C16H24N2O3/c1-3-21-14-7-6-13(10-12(14)2)17-15(20)18-16(11-19)8-4-5-9-16/h6-7,10,19H,3-5,8-9,11H2,1-2H3,(H2,17,18,20). The fraction of sp³-hybridized carbons (Fsp3) is 0.562. The average molecular weight is 292 g/mol. The van der Waals surface area contributed by atoms with Crippen molar-refractivity contribution >= 4 is 11.7 Å². The predicted octanol–water partition coefficient (Wildman–Crippen LogP) is 2.82. The number of amides is 2. The van der Waals surface area contributed by atoms with Gasteiger partial charge in [0.25, 0.3) is 0 Å². The first-order chi connectivity index (χ1) is 10.1. The number of aliphatic hydroxyl groups is 1. The zero-order valence-corrected chi connectivity index (χ0v) is 12.7. The molecule has 0 heterocycles. The summed E-state index contributed by atoms with van der Waals surface area (Å²) in [7, 11) is 0. The highest BCUT2D eigenvalue weighted by Crippen LogP contribution is 2.29. The highest BCUT2D eigenvalue weighted by atomic mass is 16.5. The monoisotopic (exact) mass is 292 g/mol. The third-order valence-electron chi connectivity index (χ3n) is 3.97. The molecule has 1 fully saturated rings. The zero-order valence-electron chi connectivity index (χ0n) is 12.7. The van der Waals surface area contributed by atoms with Crippen molar-refractivity contribution in [3.05, 3.63) is 23.8 Å². The number of nitrogens with one attached hydrogen (secondary N) is 2. The van der Waals surface area contributed by atoms with Gasteiger partial charge in [-0.3, -0.25) is 0 Å². The maximum atomic E-state index is 12.1. The Bertz CT molecular complexity index is 496. The van der Waals surface area contributed by atoms with Gasteiger partial charge in [-0.2, -0.15) is 0 Å². The van der Waals surface area contributed by atoms with E-state index in [9.17, 15) is 9.90 Å². The SMILES string of the molecule is CCOc1ccc(NC(=O)NC2(CO)CCCC2)cc1C. The number of ether oxygens (including phenoxy) is 1. The average Bonchev–Trinajstić information content (AvgIpc) is 2.91. The van der Waals surface area contributed by atoms with Crippen LogP contribution in [-0.2, 0) is 0 Å². The lowest BCUT2D eigenvalue weighted by Crippen LogP contribution is -2.50. The molecule has 1 aliphatic rings. The molecular weight excluding hydrogens is 268 g/mol. The van der Waals surface area contributed by atoms with Gasteiger partial charge in [-0.05, 0) is 50.5 Å². The number of benzene rings is 1. The summed E-state index contributed by atoms with van der Waals surface area (Å²) in [6.45, 7) is 4.49. The Morgan fingerprint density at radius 1 is 1.38 bits per heavy atom. The van der Waals surface area contributed by atoms with Gasteiger partial charge in [0.2, 0.25) is 0 Å². The normalized spacial score (nSPS) is 16.5. The number of urea groups is 1. The highest BCUT2D eigenvalue weighted by molar-refractivity contribution is 5.90. The third-order valence-corrected chi connectivity index (χ3v) is 3.97. The Labute approximate surface area is 125 Å². The quantitative estimate of drug-likeness (QED) is 0.781. The van der Waals surface area contributed by atoms with Crippen LogP contribution < -0.4 is 15.4 Å². The van der Waals surface area contributed by atoms with Gasteiger partial charge in [0.1, 0.15) is 5.75 Å². The summed E-state index contributed by atoms with van der Waals surface area (Å²) < 4.78 is 5.48. The van der Waals surface area contributed by atoms with Crippen LogP contribution in [0.25, 0.3) is 0 Å². The fourth-order valence-corrected chi connectivity index (χ4v) is 2.82. The van der Waals surface area contributed by atoms with Crippen LogP contribution in [0.15, 0.2) is 18.2 Å². The van der Waals surface area contributed by atoms with Crippen molar-refractivity contribution in [2.75, 3.05) is 18.5 Å². The molecular formula is C16H24N2O3. The van der Waals surface area contributed by atoms with Gasteiger partial charge >= 0.3 is 6.03 Å². The lowest BCUT2D eigenvalue weighted by Gasteiger charge is -2.28. The molecule has 1 aliphatic carbocycles. The Balaban J connectivity index is 1.97. The summed E-state index contributed by atoms with van der Waals surface area (Å²) in [5.74, 6) is 0.825. The minimum absolute atomic E-state index is 0.0112. The number of rotatable bonds is 5. The molecule has 3 N–H and O–H groups in total. The van der Waals surface area contributed by atoms with Gasteiger partial charge < -0.3 is 20.5 Å². The molecule has 2 amide bonds. The van der Waals surface area contributed by atoms with E-state index in [1.807, 2.05) is 32.0 Å². The van der Waals surface area contributed by atoms with E-state index in [0.717, 1.165) is 42.7 Å². The topological polar surface area (TPSA) is 70.6 Å². The van der Waals surface area contributed by atoms with Crippen LogP contribution in [0.4, 0.5) is 10.5 Å². The first kappa shape index (κ1) is 15.6. The maximum Gasteiger partial charge on any atom is 0.319 e. The van der Waals surface area contributed by atoms with E-state index in [-0.39, 0.29) is 12.6 Å². The highest BCUT2D eigenvalue weighted by Gasteiger charge is 2.34. The fourth-order valence-electron chi connectivity index (χ4n) is 2.82. The van der Waals surface area contributed by atoms with E-state index in [1.165, 1.54) is 0 Å². The maximum absolute atomic E-state index is 12.1. The number of hydrogen-bond donors (Lipinski definition) is 3. The number of aryl methyl sites for hydroxylation is 1. The summed E-state index contributed by atoms with van der Waals surface area (Å²) in [6.07, 6.45) is 3.75. The van der Waals surface area contributed by atoms with Gasteiger partial charge in [-0.1, -0.05) is 12.8 Å². The van der Waals surface area contributed by atoms with Crippen LogP contribution in [0, 0.1) is 6.92 Å². The molecule has 1 saturated carbocycles. The van der Waals surface area contributed by atoms with Crippen molar-refractivity contribution in [3.8, 4) is 5.75 Å². The molecule has 21 heavy (non-hydrogen) atoms. The molecule has 1 aromatic rings.